The highest BCUT2D eigenvalue weighted by Gasteiger charge is 2.04. The molecule has 0 amide bonds. The van der Waals surface area contributed by atoms with Crippen LogP contribution in [0.4, 0.5) is 11.4 Å². The summed E-state index contributed by atoms with van der Waals surface area (Å²) < 4.78 is 0. The minimum absolute atomic E-state index is 0.312. The van der Waals surface area contributed by atoms with Gasteiger partial charge < -0.3 is 11.5 Å². The van der Waals surface area contributed by atoms with Crippen LogP contribution < -0.4 is 11.5 Å². The fourth-order valence-corrected chi connectivity index (χ4v) is 2.27. The highest BCUT2D eigenvalue weighted by Crippen LogP contribution is 2.29. The summed E-state index contributed by atoms with van der Waals surface area (Å²) in [5.74, 6) is 0. The molecule has 0 aromatic heterocycles. The van der Waals surface area contributed by atoms with Gasteiger partial charge in [-0.1, -0.05) is 46.4 Å². The van der Waals surface area contributed by atoms with Crippen LogP contribution in [0.3, 0.4) is 0 Å². The van der Waals surface area contributed by atoms with Crippen molar-refractivity contribution in [3.8, 4) is 12.1 Å². The molecule has 2 rings (SSSR count). The van der Waals surface area contributed by atoms with Gasteiger partial charge in [0.1, 0.15) is 0 Å². The zero-order valence-corrected chi connectivity index (χ0v) is 13.9. The molecule has 112 valence electrons. The highest BCUT2D eigenvalue weighted by molar-refractivity contribution is 6.39. The molecule has 2 aromatic rings. The number of benzene rings is 2. The second-order valence-corrected chi connectivity index (χ2v) is 5.56. The van der Waals surface area contributed by atoms with E-state index in [0.717, 1.165) is 0 Å². The molecule has 0 aliphatic carbocycles. The van der Waals surface area contributed by atoms with Crippen LogP contribution in [0.5, 0.6) is 0 Å². The summed E-state index contributed by atoms with van der Waals surface area (Å²) in [6.07, 6.45) is 0. The quantitative estimate of drug-likeness (QED) is 0.641. The van der Waals surface area contributed by atoms with Crippen LogP contribution in [0.1, 0.15) is 11.1 Å². The van der Waals surface area contributed by atoms with Gasteiger partial charge in [-0.25, -0.2) is 0 Å². The number of hydrogen-bond acceptors (Lipinski definition) is 4. The zero-order valence-electron chi connectivity index (χ0n) is 10.9. The summed E-state index contributed by atoms with van der Waals surface area (Å²) in [6, 6.07) is 9.72. The number of hydrogen-bond donors (Lipinski definition) is 2. The average Bonchev–Trinajstić information content (AvgIpc) is 2.49. The standard InChI is InChI=1S/2C7H4Cl2N2/c2*8-5-1-4(3-10)2-6(9)7(5)11/h2*1-2H,11H2. The molecule has 0 fully saturated rings. The Balaban J connectivity index is 0.000000220. The van der Waals surface area contributed by atoms with Crippen molar-refractivity contribution in [2.75, 3.05) is 11.5 Å². The normalized spacial score (nSPS) is 9.18. The first-order chi connectivity index (χ1) is 10.3. The van der Waals surface area contributed by atoms with Gasteiger partial charge in [0.05, 0.1) is 54.7 Å². The molecule has 8 heteroatoms. The molecular formula is C14H8Cl4N4. The second-order valence-electron chi connectivity index (χ2n) is 3.93. The maximum Gasteiger partial charge on any atom is 0.0992 e. The molecule has 0 radical (unpaired) electrons. The van der Waals surface area contributed by atoms with Gasteiger partial charge >= 0.3 is 0 Å². The first kappa shape index (κ1) is 18.2. The third-order valence-corrected chi connectivity index (χ3v) is 3.67. The van der Waals surface area contributed by atoms with Gasteiger partial charge in [0.15, 0.2) is 0 Å². The Morgan fingerprint density at radius 2 is 0.864 bits per heavy atom. The van der Waals surface area contributed by atoms with E-state index in [-0.39, 0.29) is 0 Å². The molecule has 4 nitrogen and oxygen atoms in total. The minimum Gasteiger partial charge on any atom is -0.396 e. The third-order valence-electron chi connectivity index (χ3n) is 2.42. The lowest BCUT2D eigenvalue weighted by Gasteiger charge is -1.99. The van der Waals surface area contributed by atoms with Crippen LogP contribution in [-0.2, 0) is 0 Å². The summed E-state index contributed by atoms with van der Waals surface area (Å²) in [5, 5.41) is 18.2. The summed E-state index contributed by atoms with van der Waals surface area (Å²) in [7, 11) is 0. The Hall–Kier alpha value is -1.82. The molecule has 0 unspecified atom stereocenters. The lowest BCUT2D eigenvalue weighted by atomic mass is 10.2. The van der Waals surface area contributed by atoms with E-state index in [4.69, 9.17) is 68.4 Å². The number of nitriles is 2. The van der Waals surface area contributed by atoms with Gasteiger partial charge in [-0.2, -0.15) is 10.5 Å². The van der Waals surface area contributed by atoms with Crippen molar-refractivity contribution >= 4 is 57.8 Å². The zero-order chi connectivity index (χ0) is 16.9. The van der Waals surface area contributed by atoms with Crippen LogP contribution in [-0.4, -0.2) is 0 Å². The third kappa shape index (κ3) is 4.59. The van der Waals surface area contributed by atoms with Crippen LogP contribution in [0, 0.1) is 22.7 Å². The van der Waals surface area contributed by atoms with E-state index >= 15 is 0 Å². The molecule has 0 heterocycles. The smallest absolute Gasteiger partial charge is 0.0992 e. The predicted molar refractivity (Wildman–Crippen MR) is 91.2 cm³/mol. The van der Waals surface area contributed by atoms with E-state index in [9.17, 15) is 0 Å². The Kier molecular flexibility index (Phi) is 6.61. The lowest BCUT2D eigenvalue weighted by Crippen LogP contribution is -1.88. The first-order valence-corrected chi connectivity index (χ1v) is 7.10. The monoisotopic (exact) mass is 372 g/mol. The molecule has 0 atom stereocenters. The van der Waals surface area contributed by atoms with Gasteiger partial charge in [0, 0.05) is 0 Å². The number of nitrogens with zero attached hydrogens (tertiary/aromatic N) is 2. The van der Waals surface area contributed by atoms with Gasteiger partial charge in [-0.3, -0.25) is 0 Å². The second kappa shape index (κ2) is 7.98. The van der Waals surface area contributed by atoms with E-state index in [1.54, 1.807) is 0 Å². The predicted octanol–water partition coefficient (Wildman–Crippen LogP) is 4.89. The van der Waals surface area contributed by atoms with Crippen molar-refractivity contribution in [1.29, 1.82) is 10.5 Å². The molecular weight excluding hydrogens is 366 g/mol. The Labute approximate surface area is 147 Å². The molecule has 0 bridgehead atoms. The topological polar surface area (TPSA) is 99.6 Å². The van der Waals surface area contributed by atoms with Crippen molar-refractivity contribution in [2.45, 2.75) is 0 Å². The molecule has 0 saturated carbocycles. The van der Waals surface area contributed by atoms with E-state index in [0.29, 0.717) is 42.6 Å². The molecule has 2 aromatic carbocycles. The van der Waals surface area contributed by atoms with Gasteiger partial charge in [0.2, 0.25) is 0 Å². The van der Waals surface area contributed by atoms with Crippen LogP contribution in [0.15, 0.2) is 24.3 Å². The maximum absolute atomic E-state index is 8.47. The van der Waals surface area contributed by atoms with Crippen molar-refractivity contribution < 1.29 is 0 Å². The van der Waals surface area contributed by atoms with E-state index in [1.807, 2.05) is 12.1 Å². The van der Waals surface area contributed by atoms with Gasteiger partial charge in [0.25, 0.3) is 0 Å². The molecule has 0 spiro atoms. The van der Waals surface area contributed by atoms with E-state index in [1.165, 1.54) is 24.3 Å². The van der Waals surface area contributed by atoms with Crippen molar-refractivity contribution in [1.82, 2.24) is 0 Å². The Morgan fingerprint density at radius 3 is 1.05 bits per heavy atom. The lowest BCUT2D eigenvalue weighted by molar-refractivity contribution is 1.48. The fraction of sp³-hybridized carbons (Fsp3) is 0. The molecule has 4 N–H and O–H groups in total. The van der Waals surface area contributed by atoms with Crippen LogP contribution in [0.2, 0.25) is 20.1 Å². The average molecular weight is 374 g/mol. The summed E-state index contributed by atoms with van der Waals surface area (Å²) in [6.45, 7) is 0. The molecule has 0 saturated heterocycles. The molecule has 0 aliphatic rings. The van der Waals surface area contributed by atoms with Crippen LogP contribution >= 0.6 is 46.4 Å². The number of nitrogens with two attached hydrogens (primary N) is 2. The highest BCUT2D eigenvalue weighted by atomic mass is 35.5. The van der Waals surface area contributed by atoms with Crippen molar-refractivity contribution in [3.63, 3.8) is 0 Å². The number of anilines is 2. The Morgan fingerprint density at radius 1 is 0.636 bits per heavy atom. The summed E-state index contributed by atoms with van der Waals surface area (Å²) in [4.78, 5) is 0. The largest absolute Gasteiger partial charge is 0.396 e. The van der Waals surface area contributed by atoms with Crippen molar-refractivity contribution in [3.05, 3.63) is 55.5 Å². The fourth-order valence-electron chi connectivity index (χ4n) is 1.30. The van der Waals surface area contributed by atoms with E-state index < -0.39 is 0 Å². The van der Waals surface area contributed by atoms with Crippen molar-refractivity contribution in [2.24, 2.45) is 0 Å². The van der Waals surface area contributed by atoms with E-state index in [2.05, 4.69) is 0 Å². The molecule has 0 aliphatic heterocycles. The van der Waals surface area contributed by atoms with Gasteiger partial charge in [-0.05, 0) is 24.3 Å². The molecule has 22 heavy (non-hydrogen) atoms. The number of rotatable bonds is 0. The number of nitrogen functional groups attached to an aromatic ring is 2. The van der Waals surface area contributed by atoms with Crippen LogP contribution in [0.25, 0.3) is 0 Å². The summed E-state index contributed by atoms with van der Waals surface area (Å²) in [5.41, 5.74) is 12.3. The van der Waals surface area contributed by atoms with Gasteiger partial charge in [-0.15, -0.1) is 0 Å². The summed E-state index contributed by atoms with van der Waals surface area (Å²) >= 11 is 22.5. The number of halogens is 4. The first-order valence-electron chi connectivity index (χ1n) is 5.59. The SMILES string of the molecule is N#Cc1cc(Cl)c(N)c(Cl)c1.N#Cc1cc(Cl)c(N)c(Cl)c1. The Bertz CT molecular complexity index is 677. The maximum atomic E-state index is 8.47. The minimum atomic E-state index is 0.312.